The molecule has 0 unspecified atom stereocenters. The number of nitrogens with zero attached hydrogens (tertiary/aromatic N) is 11. The number of methoxy groups -OCH3 is 2. The smallest absolute Gasteiger partial charge is 0.294 e. The zero-order chi connectivity index (χ0) is 52.6. The lowest BCUT2D eigenvalue weighted by Crippen LogP contribution is -2.22. The summed E-state index contributed by atoms with van der Waals surface area (Å²) in [4.78, 5) is 26.0. The van der Waals surface area contributed by atoms with E-state index in [1.54, 1.807) is 37.5 Å². The van der Waals surface area contributed by atoms with Crippen molar-refractivity contribution in [1.29, 1.82) is 0 Å². The number of benzene rings is 3. The van der Waals surface area contributed by atoms with Gasteiger partial charge in [-0.05, 0) is 58.9 Å². The first kappa shape index (κ1) is 56.1. The van der Waals surface area contributed by atoms with Crippen LogP contribution >= 0.6 is 34.8 Å². The van der Waals surface area contributed by atoms with Crippen molar-refractivity contribution in [2.75, 3.05) is 83.8 Å². The molecule has 0 radical (unpaired) electrons. The van der Waals surface area contributed by atoms with E-state index in [4.69, 9.17) is 20.9 Å². The largest absolute Gasteiger partial charge is 0.495 e. The third-order valence-corrected chi connectivity index (χ3v) is 13.8. The van der Waals surface area contributed by atoms with Crippen LogP contribution in [0.1, 0.15) is 40.4 Å². The Morgan fingerprint density at radius 1 is 0.819 bits per heavy atom. The normalized spacial score (nSPS) is 11.9. The fourth-order valence-corrected chi connectivity index (χ4v) is 9.61. The topological polar surface area (TPSA) is 325 Å². The van der Waals surface area contributed by atoms with E-state index in [1.165, 1.54) is 36.8 Å². The van der Waals surface area contributed by atoms with Crippen molar-refractivity contribution in [1.82, 2.24) is 33.7 Å². The highest BCUT2D eigenvalue weighted by atomic mass is 32.2. The van der Waals surface area contributed by atoms with Crippen molar-refractivity contribution in [2.45, 2.75) is 44.7 Å². The van der Waals surface area contributed by atoms with Gasteiger partial charge in [0.05, 0.1) is 53.3 Å². The first-order valence-electron chi connectivity index (χ1n) is 21.8. The van der Waals surface area contributed by atoms with Crippen LogP contribution in [0.4, 0.5) is 56.3 Å². The van der Waals surface area contributed by atoms with E-state index < -0.39 is 26.0 Å². The zero-order valence-corrected chi connectivity index (χ0v) is 44.4. The van der Waals surface area contributed by atoms with E-state index in [9.17, 15) is 25.9 Å². The van der Waals surface area contributed by atoms with Gasteiger partial charge in [-0.2, -0.15) is 50.5 Å². The number of ether oxygens (including phenoxy) is 2. The van der Waals surface area contributed by atoms with Gasteiger partial charge in [0.25, 0.3) is 20.2 Å². The minimum Gasteiger partial charge on any atom is -0.495 e. The fraction of sp³-hybridized carbons (Fsp3) is 0.295. The predicted octanol–water partition coefficient (Wildman–Crippen LogP) is 9.08. The lowest BCUT2D eigenvalue weighted by Gasteiger charge is -2.25. The Hall–Kier alpha value is -6.82. The van der Waals surface area contributed by atoms with Gasteiger partial charge in [0.1, 0.15) is 17.2 Å². The van der Waals surface area contributed by atoms with Gasteiger partial charge in [-0.3, -0.25) is 9.11 Å². The first-order chi connectivity index (χ1) is 34.4. The molecule has 0 fully saturated rings. The van der Waals surface area contributed by atoms with E-state index in [1.807, 2.05) is 58.9 Å². The summed E-state index contributed by atoms with van der Waals surface area (Å²) in [6.07, 6.45) is 7.45. The first-order valence-corrected chi connectivity index (χ1v) is 27.4. The van der Waals surface area contributed by atoms with Crippen molar-refractivity contribution < 1.29 is 35.4 Å². The molecule has 3 aromatic carbocycles. The summed E-state index contributed by atoms with van der Waals surface area (Å²) in [5, 5.41) is 15.9. The summed E-state index contributed by atoms with van der Waals surface area (Å²) < 4.78 is 85.1. The molecular weight excluding hydrogens is 1030 g/mol. The highest BCUT2D eigenvalue weighted by Gasteiger charge is 2.20. The molecule has 0 aliphatic heterocycles. The Morgan fingerprint density at radius 3 is 2.00 bits per heavy atom. The minimum atomic E-state index is -4.45. The van der Waals surface area contributed by atoms with Crippen molar-refractivity contribution in [3.63, 3.8) is 0 Å². The van der Waals surface area contributed by atoms with E-state index in [-0.39, 0.29) is 44.3 Å². The second-order valence-corrected chi connectivity index (χ2v) is 20.1. The Morgan fingerprint density at radius 2 is 1.44 bits per heavy atom. The van der Waals surface area contributed by atoms with Gasteiger partial charge < -0.3 is 41.4 Å². The fourth-order valence-electron chi connectivity index (χ4n) is 6.45. The molecular formula is C44H55N15O8S5. The van der Waals surface area contributed by atoms with Crippen LogP contribution in [0.3, 0.4) is 0 Å². The Kier molecular flexibility index (Phi) is 20.3. The summed E-state index contributed by atoms with van der Waals surface area (Å²) in [5.41, 5.74) is 16.1. The van der Waals surface area contributed by atoms with Crippen LogP contribution in [-0.4, -0.2) is 112 Å². The number of rotatable bonds is 23. The summed E-state index contributed by atoms with van der Waals surface area (Å²) >= 11 is 3.09. The van der Waals surface area contributed by atoms with E-state index >= 15 is 0 Å². The summed E-state index contributed by atoms with van der Waals surface area (Å²) in [5.74, 6) is 1.39. The van der Waals surface area contributed by atoms with Crippen LogP contribution in [-0.2, 0) is 20.2 Å². The number of hydrogen-bond donors (Lipinski definition) is 6. The number of nitrogens with two attached hydrogens (primary N) is 2. The molecule has 0 amide bonds. The van der Waals surface area contributed by atoms with E-state index in [2.05, 4.69) is 70.9 Å². The second kappa shape index (κ2) is 26.0. The molecule has 384 valence electrons. The van der Waals surface area contributed by atoms with Gasteiger partial charge in [-0.25, -0.2) is 0 Å². The monoisotopic (exact) mass is 1080 g/mol. The lowest BCUT2D eigenvalue weighted by atomic mass is 10.2. The van der Waals surface area contributed by atoms with Crippen LogP contribution in [0.15, 0.2) is 99.7 Å². The van der Waals surface area contributed by atoms with Gasteiger partial charge in [-0.1, -0.05) is 54.8 Å². The molecule has 23 nitrogen and oxygen atoms in total. The number of anilines is 8. The third-order valence-electron chi connectivity index (χ3n) is 9.97. The van der Waals surface area contributed by atoms with Gasteiger partial charge in [0.2, 0.25) is 17.0 Å². The van der Waals surface area contributed by atoms with Gasteiger partial charge in [-0.15, -0.1) is 10.2 Å². The molecule has 0 saturated heterocycles. The van der Waals surface area contributed by atoms with Crippen LogP contribution in [0.2, 0.25) is 0 Å². The van der Waals surface area contributed by atoms with Gasteiger partial charge >= 0.3 is 0 Å². The standard InChI is InChI=1S/C35H44N12O8S4.C9H11N3S/c1-7-46(8-2)27-18-24(23(36)17-29(27)54-5)37-32-40-33(42-34(41-32)56-14-15-58(48,49)50)38-25-19-28(47(9-3)10-4)30(55-6)20-26(25)43-44-35-39-31(45-57-35)21-12-11-13-22(16-21)59(51,52)53;1-3-5-6-7(4-2)8-11-9(10)13-12-8/h11-13,16-20H,7-10,14-15,36H2,1-6H3,(H,48,49,50)(H,51,52,53)(H2,37,38,40,41,42);3-6H,2H2,1H3,(H2,10,11,12)/b;5-3-,7-6+. The number of nitrogen functional groups attached to an aromatic ring is 2. The molecule has 0 bridgehead atoms. The number of aromatic nitrogens is 7. The van der Waals surface area contributed by atoms with Crippen molar-refractivity contribution >= 4 is 117 Å². The van der Waals surface area contributed by atoms with E-state index in [0.29, 0.717) is 71.3 Å². The maximum absolute atomic E-state index is 11.7. The van der Waals surface area contributed by atoms with Crippen molar-refractivity contribution in [3.05, 3.63) is 85.2 Å². The summed E-state index contributed by atoms with van der Waals surface area (Å²) in [7, 11) is -5.62. The molecule has 6 rings (SSSR count). The second-order valence-electron chi connectivity index (χ2n) is 14.6. The summed E-state index contributed by atoms with van der Waals surface area (Å²) in [6.45, 7) is 16.4. The molecule has 0 aliphatic carbocycles. The summed E-state index contributed by atoms with van der Waals surface area (Å²) in [6, 6.07) is 12.5. The van der Waals surface area contributed by atoms with E-state index in [0.717, 1.165) is 40.2 Å². The van der Waals surface area contributed by atoms with Crippen LogP contribution < -0.4 is 41.4 Å². The van der Waals surface area contributed by atoms with Crippen LogP contribution in [0.25, 0.3) is 17.0 Å². The minimum absolute atomic E-state index is 0.0388. The maximum atomic E-state index is 11.7. The average Bonchev–Trinajstić information content (AvgIpc) is 4.02. The SMILES string of the molecule is C=C/C(=C\C=C/C)c1nsc(N)n1.CCN(CC)c1cc(Nc2nc(Nc3cc(N(CC)CC)c(OC)cc3N=Nc3nc(-c4cccc(S(=O)(=O)O)c4)ns3)nc(SCCS(=O)(=O)O)n2)c(N)cc1OC. The maximum Gasteiger partial charge on any atom is 0.294 e. The van der Waals surface area contributed by atoms with Gasteiger partial charge in [0.15, 0.2) is 21.9 Å². The highest BCUT2D eigenvalue weighted by Crippen LogP contribution is 2.41. The zero-order valence-electron chi connectivity index (χ0n) is 40.3. The van der Waals surface area contributed by atoms with Crippen LogP contribution in [0, 0.1) is 0 Å². The third kappa shape index (κ3) is 15.6. The highest BCUT2D eigenvalue weighted by molar-refractivity contribution is 8.00. The van der Waals surface area contributed by atoms with Crippen LogP contribution in [0.5, 0.6) is 11.5 Å². The molecule has 0 atom stereocenters. The molecule has 6 aromatic rings. The van der Waals surface area contributed by atoms with Gasteiger partial charge in [0, 0.05) is 78.3 Å². The molecule has 0 aliphatic rings. The number of thioether (sulfide) groups is 1. The molecule has 28 heteroatoms. The number of nitrogens with one attached hydrogen (secondary N) is 2. The number of allylic oxidation sites excluding steroid dienone is 5. The Balaban J connectivity index is 0.000000642. The lowest BCUT2D eigenvalue weighted by molar-refractivity contribution is 0.414. The van der Waals surface area contributed by atoms with Crippen molar-refractivity contribution in [3.8, 4) is 22.9 Å². The predicted molar refractivity (Wildman–Crippen MR) is 288 cm³/mol. The molecule has 0 saturated carbocycles. The molecule has 8 N–H and O–H groups in total. The molecule has 72 heavy (non-hydrogen) atoms. The number of hydrogen-bond acceptors (Lipinski definition) is 24. The number of azo groups is 1. The Bertz CT molecular complexity index is 3140. The van der Waals surface area contributed by atoms with Crippen molar-refractivity contribution in [2.24, 2.45) is 10.2 Å². The quantitative estimate of drug-likeness (QED) is 0.0114. The average molecular weight is 1080 g/mol. The molecule has 0 spiro atoms. The Labute approximate surface area is 430 Å². The molecule has 3 heterocycles. The molecule has 3 aromatic heterocycles.